The summed E-state index contributed by atoms with van der Waals surface area (Å²) in [6, 6.07) is 4.10. The molecule has 0 spiro atoms. The van der Waals surface area contributed by atoms with Crippen molar-refractivity contribution in [1.29, 1.82) is 0 Å². The first-order valence-electron chi connectivity index (χ1n) is 5.09. The van der Waals surface area contributed by atoms with Gasteiger partial charge in [0.05, 0.1) is 4.34 Å². The van der Waals surface area contributed by atoms with Crippen molar-refractivity contribution in [3.05, 3.63) is 21.3 Å². The van der Waals surface area contributed by atoms with E-state index in [2.05, 4.69) is 17.4 Å². The van der Waals surface area contributed by atoms with Gasteiger partial charge in [0.15, 0.2) is 0 Å². The topological polar surface area (TPSA) is 70.6 Å². The second-order valence-corrected chi connectivity index (χ2v) is 5.29. The zero-order valence-corrected chi connectivity index (χ0v) is 10.7. The van der Waals surface area contributed by atoms with E-state index in [0.717, 1.165) is 17.3 Å². The van der Waals surface area contributed by atoms with Crippen molar-refractivity contribution in [2.45, 2.75) is 32.4 Å². The van der Waals surface area contributed by atoms with Crippen LogP contribution in [0.2, 0.25) is 4.34 Å². The number of hydrogen-bond acceptors (Lipinski definition) is 4. The summed E-state index contributed by atoms with van der Waals surface area (Å²) >= 11 is 7.39. The SMILES string of the molecule is CCC(CC(N)=NO)NCc1ccc(Cl)s1. The fraction of sp³-hybridized carbons (Fsp3) is 0.500. The quantitative estimate of drug-likeness (QED) is 0.319. The fourth-order valence-electron chi connectivity index (χ4n) is 1.35. The fourth-order valence-corrected chi connectivity index (χ4v) is 2.38. The van der Waals surface area contributed by atoms with Crippen LogP contribution in [-0.2, 0) is 6.54 Å². The molecule has 1 aromatic heterocycles. The van der Waals surface area contributed by atoms with Gasteiger partial charge in [-0.05, 0) is 18.6 Å². The zero-order valence-electron chi connectivity index (χ0n) is 9.11. The maximum atomic E-state index is 8.49. The molecule has 1 rings (SSSR count). The third kappa shape index (κ3) is 4.38. The summed E-state index contributed by atoms with van der Waals surface area (Å²) in [7, 11) is 0. The number of oxime groups is 1. The smallest absolute Gasteiger partial charge is 0.140 e. The lowest BCUT2D eigenvalue weighted by Crippen LogP contribution is -2.32. The molecule has 1 atom stereocenters. The Labute approximate surface area is 104 Å². The Balaban J connectivity index is 2.39. The predicted octanol–water partition coefficient (Wildman–Crippen LogP) is 2.41. The van der Waals surface area contributed by atoms with E-state index in [4.69, 9.17) is 22.5 Å². The molecule has 0 aliphatic heterocycles. The molecule has 0 amide bonds. The van der Waals surface area contributed by atoms with E-state index in [-0.39, 0.29) is 11.9 Å². The van der Waals surface area contributed by atoms with Crippen LogP contribution < -0.4 is 11.1 Å². The van der Waals surface area contributed by atoms with Crippen molar-refractivity contribution in [2.24, 2.45) is 10.9 Å². The van der Waals surface area contributed by atoms with Crippen LogP contribution in [0.5, 0.6) is 0 Å². The average molecular weight is 262 g/mol. The van der Waals surface area contributed by atoms with Crippen molar-refractivity contribution < 1.29 is 5.21 Å². The van der Waals surface area contributed by atoms with E-state index < -0.39 is 0 Å². The largest absolute Gasteiger partial charge is 0.409 e. The van der Waals surface area contributed by atoms with Crippen LogP contribution >= 0.6 is 22.9 Å². The van der Waals surface area contributed by atoms with Crippen LogP contribution in [-0.4, -0.2) is 17.1 Å². The van der Waals surface area contributed by atoms with E-state index >= 15 is 0 Å². The number of amidine groups is 1. The van der Waals surface area contributed by atoms with Gasteiger partial charge >= 0.3 is 0 Å². The number of thiophene rings is 1. The molecule has 0 saturated heterocycles. The summed E-state index contributed by atoms with van der Waals surface area (Å²) in [4.78, 5) is 1.18. The minimum absolute atomic E-state index is 0.219. The molecule has 0 bridgehead atoms. The van der Waals surface area contributed by atoms with Crippen LogP contribution in [0, 0.1) is 0 Å². The molecule has 16 heavy (non-hydrogen) atoms. The molecule has 1 unspecified atom stereocenters. The second-order valence-electron chi connectivity index (χ2n) is 3.49. The Morgan fingerprint density at radius 3 is 2.94 bits per heavy atom. The molecule has 0 aliphatic rings. The minimum Gasteiger partial charge on any atom is -0.409 e. The van der Waals surface area contributed by atoms with Crippen LogP contribution in [0.4, 0.5) is 0 Å². The Morgan fingerprint density at radius 1 is 1.69 bits per heavy atom. The first-order chi connectivity index (χ1) is 7.65. The molecule has 90 valence electrons. The van der Waals surface area contributed by atoms with Crippen molar-refractivity contribution in [1.82, 2.24) is 5.32 Å². The number of nitrogens with two attached hydrogens (primary N) is 1. The lowest BCUT2D eigenvalue weighted by molar-refractivity contribution is 0.315. The molecular weight excluding hydrogens is 246 g/mol. The van der Waals surface area contributed by atoms with E-state index in [0.29, 0.717) is 6.42 Å². The molecular formula is C10H16ClN3OS. The monoisotopic (exact) mass is 261 g/mol. The number of nitrogens with zero attached hydrogens (tertiary/aromatic N) is 1. The standard InChI is InChI=1S/C10H16ClN3OS/c1-2-7(5-10(12)14-15)13-6-8-3-4-9(11)16-8/h3-4,7,13,15H,2,5-6H2,1H3,(H2,12,14). The molecule has 1 heterocycles. The Hall–Kier alpha value is -0.780. The van der Waals surface area contributed by atoms with Crippen molar-refractivity contribution >= 4 is 28.8 Å². The van der Waals surface area contributed by atoms with Gasteiger partial charge in [0.2, 0.25) is 0 Å². The van der Waals surface area contributed by atoms with E-state index in [1.165, 1.54) is 4.88 Å². The Kier molecular flexibility index (Phi) is 5.59. The summed E-state index contributed by atoms with van der Waals surface area (Å²) in [5.74, 6) is 0.253. The van der Waals surface area contributed by atoms with Crippen molar-refractivity contribution in [2.75, 3.05) is 0 Å². The number of halogens is 1. The highest BCUT2D eigenvalue weighted by Crippen LogP contribution is 2.21. The maximum absolute atomic E-state index is 8.49. The average Bonchev–Trinajstić information content (AvgIpc) is 2.69. The number of nitrogens with one attached hydrogen (secondary N) is 1. The molecule has 0 fully saturated rings. The highest BCUT2D eigenvalue weighted by Gasteiger charge is 2.08. The van der Waals surface area contributed by atoms with E-state index in [1.807, 2.05) is 12.1 Å². The summed E-state index contributed by atoms with van der Waals surface area (Å²) < 4.78 is 0.793. The summed E-state index contributed by atoms with van der Waals surface area (Å²) in [6.45, 7) is 2.82. The van der Waals surface area contributed by atoms with Crippen LogP contribution in [0.3, 0.4) is 0 Å². The molecule has 0 aromatic carbocycles. The molecule has 0 saturated carbocycles. The van der Waals surface area contributed by atoms with Crippen LogP contribution in [0.15, 0.2) is 17.3 Å². The summed E-state index contributed by atoms with van der Waals surface area (Å²) in [6.07, 6.45) is 1.47. The van der Waals surface area contributed by atoms with E-state index in [1.54, 1.807) is 11.3 Å². The molecule has 0 radical (unpaired) electrons. The van der Waals surface area contributed by atoms with Gasteiger partial charge in [0, 0.05) is 23.9 Å². The highest BCUT2D eigenvalue weighted by atomic mass is 35.5. The summed E-state index contributed by atoms with van der Waals surface area (Å²) in [5.41, 5.74) is 5.46. The third-order valence-electron chi connectivity index (χ3n) is 2.27. The molecule has 0 aliphatic carbocycles. The second kappa shape index (κ2) is 6.73. The first kappa shape index (κ1) is 13.3. The number of rotatable bonds is 6. The number of hydrogen-bond donors (Lipinski definition) is 3. The third-order valence-corrected chi connectivity index (χ3v) is 3.50. The molecule has 1 aromatic rings. The minimum atomic E-state index is 0.219. The van der Waals surface area contributed by atoms with Gasteiger partial charge in [-0.2, -0.15) is 0 Å². The molecule has 4 N–H and O–H groups in total. The maximum Gasteiger partial charge on any atom is 0.140 e. The van der Waals surface area contributed by atoms with Gasteiger partial charge in [0.25, 0.3) is 0 Å². The van der Waals surface area contributed by atoms with Gasteiger partial charge in [0.1, 0.15) is 5.84 Å². The highest BCUT2D eigenvalue weighted by molar-refractivity contribution is 7.16. The van der Waals surface area contributed by atoms with Crippen molar-refractivity contribution in [3.8, 4) is 0 Å². The van der Waals surface area contributed by atoms with Crippen LogP contribution in [0.1, 0.15) is 24.6 Å². The van der Waals surface area contributed by atoms with Gasteiger partial charge in [-0.1, -0.05) is 23.7 Å². The van der Waals surface area contributed by atoms with E-state index in [9.17, 15) is 0 Å². The van der Waals surface area contributed by atoms with Gasteiger partial charge in [-0.25, -0.2) is 0 Å². The zero-order chi connectivity index (χ0) is 12.0. The van der Waals surface area contributed by atoms with Crippen molar-refractivity contribution in [3.63, 3.8) is 0 Å². The lowest BCUT2D eigenvalue weighted by atomic mass is 10.1. The van der Waals surface area contributed by atoms with Gasteiger partial charge in [-0.15, -0.1) is 11.3 Å². The Bertz CT molecular complexity index is 354. The van der Waals surface area contributed by atoms with Gasteiger partial charge in [-0.3, -0.25) is 0 Å². The summed E-state index contributed by atoms with van der Waals surface area (Å²) in [5, 5.41) is 14.8. The first-order valence-corrected chi connectivity index (χ1v) is 6.29. The Morgan fingerprint density at radius 2 is 2.44 bits per heavy atom. The predicted molar refractivity (Wildman–Crippen MR) is 68.3 cm³/mol. The molecule has 4 nitrogen and oxygen atoms in total. The van der Waals surface area contributed by atoms with Crippen LogP contribution in [0.25, 0.3) is 0 Å². The lowest BCUT2D eigenvalue weighted by Gasteiger charge is -2.15. The van der Waals surface area contributed by atoms with Gasteiger partial charge < -0.3 is 16.3 Å². The molecule has 6 heteroatoms. The normalized spacial score (nSPS) is 14.0.